The van der Waals surface area contributed by atoms with Gasteiger partial charge in [-0.3, -0.25) is 0 Å². The van der Waals surface area contributed by atoms with Crippen molar-refractivity contribution in [1.29, 1.82) is 0 Å². The molecule has 4 nitrogen and oxygen atoms in total. The minimum absolute atomic E-state index is 0.249. The molecule has 2 rings (SSSR count). The molecule has 6 heteroatoms. The van der Waals surface area contributed by atoms with Crippen molar-refractivity contribution < 1.29 is 13.9 Å². The van der Waals surface area contributed by atoms with Crippen LogP contribution in [0.15, 0.2) is 25.7 Å². The summed E-state index contributed by atoms with van der Waals surface area (Å²) in [6.45, 7) is 0. The summed E-state index contributed by atoms with van der Waals surface area (Å²) in [6, 6.07) is 3.22. The molecule has 0 spiro atoms. The Balaban J connectivity index is 2.64. The summed E-state index contributed by atoms with van der Waals surface area (Å²) in [5, 5.41) is 0. The smallest absolute Gasteiger partial charge is 0.356 e. The molecule has 0 radical (unpaired) electrons. The number of pyridine rings is 1. The Hall–Kier alpha value is -0.880. The third kappa shape index (κ3) is 1.79. The minimum Gasteiger partial charge on any atom is -0.464 e. The number of furan rings is 1. The zero-order chi connectivity index (χ0) is 11.0. The number of methoxy groups -OCH3 is 1. The molecule has 0 aliphatic carbocycles. The fourth-order valence-electron chi connectivity index (χ4n) is 1.14. The molecule has 2 heterocycles. The van der Waals surface area contributed by atoms with Crippen molar-refractivity contribution in [2.45, 2.75) is 0 Å². The molecule has 0 saturated carbocycles. The normalized spacial score (nSPS) is 10.6. The highest BCUT2D eigenvalue weighted by Gasteiger charge is 2.14. The molecule has 0 unspecified atom stereocenters. The number of halogens is 2. The lowest BCUT2D eigenvalue weighted by Crippen LogP contribution is -2.03. The van der Waals surface area contributed by atoms with Gasteiger partial charge >= 0.3 is 5.97 Å². The van der Waals surface area contributed by atoms with Crippen LogP contribution in [0.25, 0.3) is 11.1 Å². The summed E-state index contributed by atoms with van der Waals surface area (Å²) in [4.78, 5) is 15.4. The minimum atomic E-state index is -0.471. The second kappa shape index (κ2) is 3.94. The van der Waals surface area contributed by atoms with Gasteiger partial charge in [0.1, 0.15) is 11.2 Å². The van der Waals surface area contributed by atoms with Gasteiger partial charge in [-0.15, -0.1) is 0 Å². The number of hydrogen-bond donors (Lipinski definition) is 0. The predicted octanol–water partition coefficient (Wildman–Crippen LogP) is 3.14. The molecule has 2 aromatic heterocycles. The maximum absolute atomic E-state index is 11.2. The van der Waals surface area contributed by atoms with E-state index in [2.05, 4.69) is 41.6 Å². The molecule has 15 heavy (non-hydrogen) atoms. The van der Waals surface area contributed by atoms with Crippen LogP contribution in [0.1, 0.15) is 10.5 Å². The van der Waals surface area contributed by atoms with Gasteiger partial charge in [0.15, 0.2) is 10.3 Å². The third-order valence-corrected chi connectivity index (χ3v) is 3.66. The number of aromatic nitrogens is 1. The summed E-state index contributed by atoms with van der Waals surface area (Å²) >= 11 is 6.52. The Labute approximate surface area is 102 Å². The summed E-state index contributed by atoms with van der Waals surface area (Å²) in [7, 11) is 1.31. The lowest BCUT2D eigenvalue weighted by Gasteiger charge is -1.97. The molecule has 0 aliphatic heterocycles. The monoisotopic (exact) mass is 333 g/mol. The van der Waals surface area contributed by atoms with Gasteiger partial charge in [0.25, 0.3) is 0 Å². The van der Waals surface area contributed by atoms with Crippen molar-refractivity contribution in [3.63, 3.8) is 0 Å². The fourth-order valence-corrected chi connectivity index (χ4v) is 1.87. The number of hydrogen-bond acceptors (Lipinski definition) is 4. The number of ether oxygens (including phenoxy) is 1. The lowest BCUT2D eigenvalue weighted by molar-refractivity contribution is 0.0594. The highest BCUT2D eigenvalue weighted by molar-refractivity contribution is 9.13. The first kappa shape index (κ1) is 10.6. The second-order valence-electron chi connectivity index (χ2n) is 2.72. The summed E-state index contributed by atoms with van der Waals surface area (Å²) in [5.74, 6) is -0.471. The molecule has 0 saturated heterocycles. The first-order valence-corrected chi connectivity index (χ1v) is 5.55. The Morgan fingerprint density at radius 3 is 2.87 bits per heavy atom. The van der Waals surface area contributed by atoms with Crippen LogP contribution in [0.4, 0.5) is 0 Å². The highest BCUT2D eigenvalue weighted by atomic mass is 79.9. The van der Waals surface area contributed by atoms with E-state index >= 15 is 0 Å². The molecule has 78 valence electrons. The number of rotatable bonds is 1. The first-order chi connectivity index (χ1) is 7.13. The van der Waals surface area contributed by atoms with E-state index in [1.807, 2.05) is 0 Å². The van der Waals surface area contributed by atoms with Gasteiger partial charge in [0.05, 0.1) is 11.6 Å². The zero-order valence-corrected chi connectivity index (χ0v) is 10.8. The largest absolute Gasteiger partial charge is 0.464 e. The van der Waals surface area contributed by atoms with Crippen molar-refractivity contribution >= 4 is 48.9 Å². The Bertz CT molecular complexity index is 535. The lowest BCUT2D eigenvalue weighted by atomic mass is 10.3. The average Bonchev–Trinajstić information content (AvgIpc) is 2.54. The van der Waals surface area contributed by atoms with E-state index in [0.717, 1.165) is 0 Å². The van der Waals surface area contributed by atoms with E-state index in [1.165, 1.54) is 7.11 Å². The Morgan fingerprint density at radius 1 is 1.47 bits per heavy atom. The summed E-state index contributed by atoms with van der Waals surface area (Å²) in [5.41, 5.74) is 1.44. The molecule has 0 N–H and O–H groups in total. The first-order valence-electron chi connectivity index (χ1n) is 3.96. The van der Waals surface area contributed by atoms with Crippen LogP contribution >= 0.6 is 31.9 Å². The molecule has 0 atom stereocenters. The maximum atomic E-state index is 11.2. The second-order valence-corrected chi connectivity index (χ2v) is 4.24. The maximum Gasteiger partial charge on any atom is 0.356 e. The predicted molar refractivity (Wildman–Crippen MR) is 60.7 cm³/mol. The van der Waals surface area contributed by atoms with Crippen LogP contribution < -0.4 is 0 Å². The summed E-state index contributed by atoms with van der Waals surface area (Å²) in [6.07, 6.45) is 0. The van der Waals surface area contributed by atoms with Gasteiger partial charge < -0.3 is 9.15 Å². The van der Waals surface area contributed by atoms with Gasteiger partial charge in [-0.2, -0.15) is 0 Å². The number of fused-ring (bicyclic) bond motifs is 1. The van der Waals surface area contributed by atoms with Crippen LogP contribution in [0, 0.1) is 0 Å². The van der Waals surface area contributed by atoms with E-state index in [9.17, 15) is 4.79 Å². The topological polar surface area (TPSA) is 52.3 Å². The quantitative estimate of drug-likeness (QED) is 0.752. The Morgan fingerprint density at radius 2 is 2.20 bits per heavy atom. The molecular formula is C9H5Br2NO3. The van der Waals surface area contributed by atoms with Crippen LogP contribution in [-0.4, -0.2) is 18.1 Å². The van der Waals surface area contributed by atoms with Crippen molar-refractivity contribution in [3.8, 4) is 0 Å². The molecule has 0 fully saturated rings. The van der Waals surface area contributed by atoms with Gasteiger partial charge in [-0.25, -0.2) is 9.78 Å². The average molecular weight is 335 g/mol. The number of nitrogens with zero attached hydrogens (tertiary/aromatic N) is 1. The van der Waals surface area contributed by atoms with E-state index < -0.39 is 5.97 Å². The standard InChI is InChI=1S/C9H5Br2NO3/c1-14-9(13)4-2-3-5-7(12-4)6(10)8(11)15-5/h2-3H,1H3. The van der Waals surface area contributed by atoms with Crippen molar-refractivity contribution in [1.82, 2.24) is 4.98 Å². The number of carbonyl (C=O) groups is 1. The van der Waals surface area contributed by atoms with Crippen molar-refractivity contribution in [2.75, 3.05) is 7.11 Å². The number of carbonyl (C=O) groups excluding carboxylic acids is 1. The van der Waals surface area contributed by atoms with Crippen LogP contribution in [0.5, 0.6) is 0 Å². The third-order valence-electron chi connectivity index (χ3n) is 1.83. The van der Waals surface area contributed by atoms with Crippen molar-refractivity contribution in [2.24, 2.45) is 0 Å². The van der Waals surface area contributed by atoms with E-state index in [4.69, 9.17) is 4.42 Å². The molecular weight excluding hydrogens is 330 g/mol. The molecule has 0 bridgehead atoms. The van der Waals surface area contributed by atoms with Gasteiger partial charge in [0.2, 0.25) is 0 Å². The molecule has 0 amide bonds. The van der Waals surface area contributed by atoms with Gasteiger partial charge in [0, 0.05) is 0 Å². The van der Waals surface area contributed by atoms with E-state index in [-0.39, 0.29) is 5.69 Å². The van der Waals surface area contributed by atoms with Gasteiger partial charge in [-0.1, -0.05) is 0 Å². The van der Waals surface area contributed by atoms with Crippen LogP contribution in [-0.2, 0) is 4.74 Å². The van der Waals surface area contributed by atoms with Crippen molar-refractivity contribution in [3.05, 3.63) is 27.0 Å². The van der Waals surface area contributed by atoms with Gasteiger partial charge in [-0.05, 0) is 44.0 Å². The number of esters is 1. The molecule has 2 aromatic rings. The Kier molecular flexibility index (Phi) is 2.79. The zero-order valence-electron chi connectivity index (χ0n) is 7.58. The molecule has 0 aliphatic rings. The van der Waals surface area contributed by atoms with E-state index in [1.54, 1.807) is 12.1 Å². The molecule has 0 aromatic carbocycles. The van der Waals surface area contributed by atoms with E-state index in [0.29, 0.717) is 20.2 Å². The van der Waals surface area contributed by atoms with Crippen LogP contribution in [0.3, 0.4) is 0 Å². The highest BCUT2D eigenvalue weighted by Crippen LogP contribution is 2.33. The fraction of sp³-hybridized carbons (Fsp3) is 0.111. The summed E-state index contributed by atoms with van der Waals surface area (Å²) < 4.78 is 11.1. The SMILES string of the molecule is COC(=O)c1ccc2oc(Br)c(Br)c2n1. The van der Waals surface area contributed by atoms with Crippen LogP contribution in [0.2, 0.25) is 0 Å².